The lowest BCUT2D eigenvalue weighted by atomic mass is 9.99. The van der Waals surface area contributed by atoms with Gasteiger partial charge in [-0.05, 0) is 59.4 Å². The standard InChI is InChI=1S/C43H53ClN8O6Si/c1-23(2)33(48-42(55)57-5)40(53)51-19-9-10-31(51)38-46-35(37(44)50-38)26-13-11-25(12-14-26)27-15-17-29-28(20-27)16-18-30-36(29)47-39(45-30)32-21-59(7,8)22-52(32)41(54)34(24(3)4)49-43(56)58-6/h11-18,20,23-24,31-34H,9-10,19,21-22H2,1-8H3,(H,45,47)(H,46,50)(H,48,55)(H,49,56)/t31-,32-,33-,34-/m0/s1. The fourth-order valence-corrected chi connectivity index (χ4v) is 11.6. The quantitative estimate of drug-likeness (QED) is 0.102. The molecule has 0 radical (unpaired) electrons. The normalized spacial score (nSPS) is 18.8. The van der Waals surface area contributed by atoms with Crippen molar-refractivity contribution in [2.75, 3.05) is 26.9 Å². The molecule has 2 saturated heterocycles. The van der Waals surface area contributed by atoms with Crippen LogP contribution in [0.1, 0.15) is 64.3 Å². The maximum Gasteiger partial charge on any atom is 0.407 e. The van der Waals surface area contributed by atoms with E-state index in [9.17, 15) is 19.2 Å². The van der Waals surface area contributed by atoms with Crippen molar-refractivity contribution in [2.45, 2.75) is 83.8 Å². The summed E-state index contributed by atoms with van der Waals surface area (Å²) in [4.78, 5) is 72.2. The Bertz CT molecular complexity index is 2390. The fraction of sp³-hybridized carbons (Fsp3) is 0.442. The Balaban J connectivity index is 1.11. The second-order valence-corrected chi connectivity index (χ2v) is 22.6. The molecule has 4 atom stereocenters. The topological polar surface area (TPSA) is 175 Å². The summed E-state index contributed by atoms with van der Waals surface area (Å²) in [6.45, 7) is 12.7. The third kappa shape index (κ3) is 8.40. The van der Waals surface area contributed by atoms with Gasteiger partial charge in [0.25, 0.3) is 0 Å². The molecular weight excluding hydrogens is 788 g/mol. The summed E-state index contributed by atoms with van der Waals surface area (Å²) < 4.78 is 9.59. The molecular formula is C43H53ClN8O6Si. The highest BCUT2D eigenvalue weighted by atomic mass is 35.5. The van der Waals surface area contributed by atoms with Crippen molar-refractivity contribution in [3.05, 3.63) is 71.4 Å². The van der Waals surface area contributed by atoms with E-state index in [4.69, 9.17) is 31.0 Å². The highest BCUT2D eigenvalue weighted by molar-refractivity contribution is 6.78. The van der Waals surface area contributed by atoms with Gasteiger partial charge in [-0.25, -0.2) is 19.6 Å². The lowest BCUT2D eigenvalue weighted by Gasteiger charge is -2.30. The van der Waals surface area contributed by atoms with Crippen molar-refractivity contribution in [3.63, 3.8) is 0 Å². The molecule has 5 aromatic rings. The molecule has 312 valence electrons. The van der Waals surface area contributed by atoms with Gasteiger partial charge >= 0.3 is 12.2 Å². The predicted molar refractivity (Wildman–Crippen MR) is 230 cm³/mol. The van der Waals surface area contributed by atoms with E-state index in [1.54, 1.807) is 4.90 Å². The SMILES string of the molecule is COC(=O)N[C@H](C(=O)N1CCC[C@H]1c1nc(-c2ccc(-c3ccc4c(ccc5[nH]c([C@@H]6C[Si](C)(C)CN6C(=O)[C@@H](NC(=O)OC)C(C)C)nc54)c3)cc2)c(Cl)[nH]1)C(C)C. The number of alkyl carbamates (subject to hydrolysis) is 2. The number of rotatable bonds is 10. The van der Waals surface area contributed by atoms with Crippen LogP contribution in [0.15, 0.2) is 54.6 Å². The number of ether oxygens (including phenoxy) is 2. The van der Waals surface area contributed by atoms with Crippen LogP contribution in [0.5, 0.6) is 0 Å². The lowest BCUT2D eigenvalue weighted by Crippen LogP contribution is -2.52. The van der Waals surface area contributed by atoms with E-state index in [1.165, 1.54) is 14.2 Å². The molecule has 4 heterocycles. The van der Waals surface area contributed by atoms with Gasteiger partial charge < -0.3 is 39.9 Å². The van der Waals surface area contributed by atoms with Crippen molar-refractivity contribution in [3.8, 4) is 22.4 Å². The molecule has 2 aromatic heterocycles. The average molecular weight is 841 g/mol. The Morgan fingerprint density at radius 1 is 0.780 bits per heavy atom. The highest BCUT2D eigenvalue weighted by Gasteiger charge is 2.46. The van der Waals surface area contributed by atoms with Gasteiger partial charge in [0.05, 0.1) is 45.4 Å². The third-order valence-corrected chi connectivity index (χ3v) is 14.6. The van der Waals surface area contributed by atoms with Crippen LogP contribution in [-0.2, 0) is 19.1 Å². The molecule has 2 fully saturated rings. The molecule has 16 heteroatoms. The number of nitrogens with one attached hydrogen (secondary N) is 4. The van der Waals surface area contributed by atoms with Gasteiger partial charge in [0.2, 0.25) is 11.8 Å². The maximum atomic E-state index is 14.0. The number of carbonyl (C=O) groups is 4. The summed E-state index contributed by atoms with van der Waals surface area (Å²) in [7, 11) is 0.795. The van der Waals surface area contributed by atoms with Crippen LogP contribution in [0, 0.1) is 11.8 Å². The van der Waals surface area contributed by atoms with Gasteiger partial charge in [-0.2, -0.15) is 0 Å². The Morgan fingerprint density at radius 2 is 1.37 bits per heavy atom. The molecule has 2 aliphatic heterocycles. The molecule has 0 saturated carbocycles. The van der Waals surface area contributed by atoms with Crippen LogP contribution in [0.3, 0.4) is 0 Å². The second-order valence-electron chi connectivity index (χ2n) is 17.1. The van der Waals surface area contributed by atoms with Crippen LogP contribution < -0.4 is 10.6 Å². The lowest BCUT2D eigenvalue weighted by molar-refractivity contribution is -0.136. The van der Waals surface area contributed by atoms with Gasteiger partial charge in [0, 0.05) is 23.7 Å². The molecule has 4 N–H and O–H groups in total. The largest absolute Gasteiger partial charge is 0.453 e. The minimum absolute atomic E-state index is 0.122. The molecule has 4 amide bonds. The number of amides is 4. The van der Waals surface area contributed by atoms with Gasteiger partial charge in [0.1, 0.15) is 34.6 Å². The van der Waals surface area contributed by atoms with Crippen molar-refractivity contribution in [1.82, 2.24) is 40.4 Å². The number of methoxy groups -OCH3 is 2. The minimum Gasteiger partial charge on any atom is -0.453 e. The van der Waals surface area contributed by atoms with Crippen molar-refractivity contribution < 1.29 is 28.7 Å². The summed E-state index contributed by atoms with van der Waals surface area (Å²) in [6.07, 6.45) is 0.927. The van der Waals surface area contributed by atoms with E-state index in [0.717, 1.165) is 63.2 Å². The molecule has 2 aliphatic rings. The molecule has 7 rings (SSSR count). The average Bonchev–Trinajstić information content (AvgIpc) is 4.02. The fourth-order valence-electron chi connectivity index (χ4n) is 8.51. The van der Waals surface area contributed by atoms with Gasteiger partial charge in [-0.15, -0.1) is 0 Å². The molecule has 14 nitrogen and oxygen atoms in total. The van der Waals surface area contributed by atoms with E-state index < -0.39 is 32.3 Å². The molecule has 0 aliphatic carbocycles. The molecule has 0 unspecified atom stereocenters. The van der Waals surface area contributed by atoms with E-state index >= 15 is 0 Å². The first-order valence-corrected chi connectivity index (χ1v) is 24.0. The number of hydrogen-bond acceptors (Lipinski definition) is 8. The van der Waals surface area contributed by atoms with E-state index in [0.29, 0.717) is 29.4 Å². The Morgan fingerprint density at radius 3 is 2.00 bits per heavy atom. The smallest absolute Gasteiger partial charge is 0.407 e. The molecule has 0 bridgehead atoms. The first kappa shape index (κ1) is 41.7. The summed E-state index contributed by atoms with van der Waals surface area (Å²) >= 11 is 6.75. The van der Waals surface area contributed by atoms with E-state index in [2.05, 4.69) is 58.0 Å². The zero-order valence-corrected chi connectivity index (χ0v) is 36.6. The number of benzene rings is 3. The van der Waals surface area contributed by atoms with E-state index in [1.807, 2.05) is 62.9 Å². The third-order valence-electron chi connectivity index (χ3n) is 11.6. The number of aromatic amines is 2. The predicted octanol–water partition coefficient (Wildman–Crippen LogP) is 7.98. The number of imidazole rings is 2. The Hall–Kier alpha value is -5.41. The maximum absolute atomic E-state index is 14.0. The number of halogens is 1. The number of carbonyl (C=O) groups excluding carboxylic acids is 4. The van der Waals surface area contributed by atoms with E-state index in [-0.39, 0.29) is 35.7 Å². The zero-order chi connectivity index (χ0) is 42.3. The highest BCUT2D eigenvalue weighted by Crippen LogP contribution is 2.40. The van der Waals surface area contributed by atoms with Gasteiger partial charge in [-0.1, -0.05) is 94.9 Å². The Kier molecular flexibility index (Phi) is 11.8. The monoisotopic (exact) mass is 840 g/mol. The summed E-state index contributed by atoms with van der Waals surface area (Å²) in [5.74, 6) is 0.797. The summed E-state index contributed by atoms with van der Waals surface area (Å²) in [6, 6.07) is 17.4. The summed E-state index contributed by atoms with van der Waals surface area (Å²) in [5, 5.41) is 7.86. The number of aromatic nitrogens is 4. The van der Waals surface area contributed by atoms with Crippen LogP contribution in [0.25, 0.3) is 44.2 Å². The van der Waals surface area contributed by atoms with Crippen molar-refractivity contribution >= 4 is 65.5 Å². The number of H-pyrrole nitrogens is 2. The van der Waals surface area contributed by atoms with Crippen LogP contribution >= 0.6 is 11.6 Å². The number of likely N-dealkylation sites (tertiary alicyclic amines) is 1. The van der Waals surface area contributed by atoms with Gasteiger partial charge in [0.15, 0.2) is 0 Å². The first-order chi connectivity index (χ1) is 28.1. The van der Waals surface area contributed by atoms with Gasteiger partial charge in [-0.3, -0.25) is 9.59 Å². The minimum atomic E-state index is -1.78. The van der Waals surface area contributed by atoms with Crippen LogP contribution in [-0.4, -0.2) is 101 Å². The second kappa shape index (κ2) is 16.7. The number of fused-ring (bicyclic) bond motifs is 3. The van der Waals surface area contributed by atoms with Crippen molar-refractivity contribution in [2.24, 2.45) is 11.8 Å². The first-order valence-electron chi connectivity index (χ1n) is 20.2. The summed E-state index contributed by atoms with van der Waals surface area (Å²) in [5.41, 5.74) is 5.23. The zero-order valence-electron chi connectivity index (χ0n) is 34.8. The molecule has 0 spiro atoms. The van der Waals surface area contributed by atoms with Crippen LogP contribution in [0.4, 0.5) is 9.59 Å². The van der Waals surface area contributed by atoms with Crippen molar-refractivity contribution in [1.29, 1.82) is 0 Å². The number of hydrogen-bond donors (Lipinski definition) is 4. The molecule has 59 heavy (non-hydrogen) atoms. The molecule has 3 aromatic carbocycles. The van der Waals surface area contributed by atoms with Crippen LogP contribution in [0.2, 0.25) is 24.3 Å². The number of nitrogens with zero attached hydrogens (tertiary/aromatic N) is 4. The Labute approximate surface area is 349 Å².